The van der Waals surface area contributed by atoms with Crippen LogP contribution in [-0.4, -0.2) is 55.6 Å². The SMILES string of the molecule is Cc1cccc(N2CCN(C(=O)CS(=O)(=O)Cc3nc(-c4ccccc4F)oc3C)C[C@@H]2C)c1. The Hall–Kier alpha value is -3.20. The van der Waals surface area contributed by atoms with Gasteiger partial charge in [-0.2, -0.15) is 0 Å². The van der Waals surface area contributed by atoms with Crippen LogP contribution in [0.5, 0.6) is 0 Å². The molecule has 0 unspecified atom stereocenters. The van der Waals surface area contributed by atoms with E-state index in [1.165, 1.54) is 12.1 Å². The Morgan fingerprint density at radius 2 is 1.91 bits per heavy atom. The third kappa shape index (κ3) is 5.30. The van der Waals surface area contributed by atoms with Gasteiger partial charge < -0.3 is 14.2 Å². The Morgan fingerprint density at radius 3 is 2.62 bits per heavy atom. The number of aryl methyl sites for hydroxylation is 2. The molecule has 7 nitrogen and oxygen atoms in total. The fraction of sp³-hybridized carbons (Fsp3) is 0.360. The topological polar surface area (TPSA) is 83.7 Å². The molecule has 9 heteroatoms. The molecule has 1 aliphatic heterocycles. The molecule has 1 saturated heterocycles. The standard InChI is InChI=1S/C25H28FN3O4S/c1-17-7-6-8-20(13-17)29-12-11-28(14-18(29)2)24(30)16-34(31,32)15-23-19(3)33-25(27-23)21-9-4-5-10-22(21)26/h4-10,13,18H,11-12,14-16H2,1-3H3/t18-/m0/s1. The van der Waals surface area contributed by atoms with E-state index in [1.54, 1.807) is 24.0 Å². The Labute approximate surface area is 199 Å². The zero-order valence-electron chi connectivity index (χ0n) is 19.5. The van der Waals surface area contributed by atoms with Gasteiger partial charge in [-0.1, -0.05) is 24.3 Å². The van der Waals surface area contributed by atoms with Crippen LogP contribution in [0.3, 0.4) is 0 Å². The number of hydrogen-bond acceptors (Lipinski definition) is 6. The van der Waals surface area contributed by atoms with E-state index in [0.29, 0.717) is 19.6 Å². The van der Waals surface area contributed by atoms with E-state index in [4.69, 9.17) is 4.42 Å². The highest BCUT2D eigenvalue weighted by molar-refractivity contribution is 7.91. The lowest BCUT2D eigenvalue weighted by molar-refractivity contribution is -0.129. The van der Waals surface area contributed by atoms with Gasteiger partial charge in [-0.25, -0.2) is 17.8 Å². The molecule has 0 saturated carbocycles. The number of benzene rings is 2. The quantitative estimate of drug-likeness (QED) is 0.529. The van der Waals surface area contributed by atoms with Crippen molar-refractivity contribution in [3.05, 3.63) is 71.4 Å². The third-order valence-corrected chi connectivity index (χ3v) is 7.41. The van der Waals surface area contributed by atoms with E-state index in [1.807, 2.05) is 32.0 Å². The minimum atomic E-state index is -3.79. The first-order chi connectivity index (χ1) is 16.1. The molecule has 0 spiro atoms. The van der Waals surface area contributed by atoms with Gasteiger partial charge in [-0.15, -0.1) is 0 Å². The summed E-state index contributed by atoms with van der Waals surface area (Å²) in [4.78, 5) is 20.9. The van der Waals surface area contributed by atoms with Crippen LogP contribution in [0, 0.1) is 19.7 Å². The van der Waals surface area contributed by atoms with Crippen molar-refractivity contribution in [3.8, 4) is 11.5 Å². The van der Waals surface area contributed by atoms with Crippen LogP contribution < -0.4 is 4.90 Å². The van der Waals surface area contributed by atoms with Crippen molar-refractivity contribution in [2.45, 2.75) is 32.6 Å². The largest absolute Gasteiger partial charge is 0.441 e. The number of piperazine rings is 1. The molecule has 1 amide bonds. The van der Waals surface area contributed by atoms with Gasteiger partial charge in [0.25, 0.3) is 0 Å². The lowest BCUT2D eigenvalue weighted by Gasteiger charge is -2.41. The number of halogens is 1. The first-order valence-electron chi connectivity index (χ1n) is 11.2. The van der Waals surface area contributed by atoms with Gasteiger partial charge in [0, 0.05) is 31.4 Å². The van der Waals surface area contributed by atoms with Crippen LogP contribution in [0.15, 0.2) is 52.9 Å². The molecule has 2 aromatic carbocycles. The lowest BCUT2D eigenvalue weighted by Crippen LogP contribution is -2.54. The number of carbonyl (C=O) groups is 1. The molecule has 0 N–H and O–H groups in total. The van der Waals surface area contributed by atoms with Crippen molar-refractivity contribution in [2.24, 2.45) is 0 Å². The molecule has 1 aliphatic rings. The Kier molecular flexibility index (Phi) is 6.74. The summed E-state index contributed by atoms with van der Waals surface area (Å²) in [6, 6.07) is 14.2. The van der Waals surface area contributed by atoms with Crippen molar-refractivity contribution in [1.29, 1.82) is 0 Å². The van der Waals surface area contributed by atoms with Gasteiger partial charge in [-0.3, -0.25) is 4.79 Å². The molecular weight excluding hydrogens is 457 g/mol. The normalized spacial score (nSPS) is 16.6. The lowest BCUT2D eigenvalue weighted by atomic mass is 10.1. The predicted octanol–water partition coefficient (Wildman–Crippen LogP) is 3.75. The molecule has 1 atom stereocenters. The van der Waals surface area contributed by atoms with Crippen LogP contribution in [0.2, 0.25) is 0 Å². The number of rotatable bonds is 6. The third-order valence-electron chi connectivity index (χ3n) is 6.01. The van der Waals surface area contributed by atoms with Crippen LogP contribution >= 0.6 is 0 Å². The van der Waals surface area contributed by atoms with Crippen molar-refractivity contribution in [3.63, 3.8) is 0 Å². The number of hydrogen-bond donors (Lipinski definition) is 0. The summed E-state index contributed by atoms with van der Waals surface area (Å²) in [6.07, 6.45) is 0. The number of anilines is 1. The van der Waals surface area contributed by atoms with Gasteiger partial charge in [-0.05, 0) is 50.6 Å². The summed E-state index contributed by atoms with van der Waals surface area (Å²) in [5, 5.41) is 0. The van der Waals surface area contributed by atoms with E-state index in [9.17, 15) is 17.6 Å². The highest BCUT2D eigenvalue weighted by Crippen LogP contribution is 2.26. The average Bonchev–Trinajstić information content (AvgIpc) is 3.12. The van der Waals surface area contributed by atoms with E-state index < -0.39 is 33.1 Å². The number of aromatic nitrogens is 1. The Balaban J connectivity index is 1.40. The number of nitrogens with zero attached hydrogens (tertiary/aromatic N) is 3. The molecule has 2 heterocycles. The molecule has 4 rings (SSSR count). The van der Waals surface area contributed by atoms with Crippen LogP contribution in [0.1, 0.15) is 23.9 Å². The molecule has 34 heavy (non-hydrogen) atoms. The molecule has 1 fully saturated rings. The fourth-order valence-corrected chi connectivity index (χ4v) is 5.57. The molecule has 3 aromatic rings. The molecule has 0 radical (unpaired) electrons. The second-order valence-corrected chi connectivity index (χ2v) is 10.8. The number of amides is 1. The summed E-state index contributed by atoms with van der Waals surface area (Å²) in [6.45, 7) is 7.17. The number of oxazole rings is 1. The highest BCUT2D eigenvalue weighted by Gasteiger charge is 2.30. The maximum Gasteiger partial charge on any atom is 0.237 e. The fourth-order valence-electron chi connectivity index (χ4n) is 4.22. The van der Waals surface area contributed by atoms with Crippen LogP contribution in [0.4, 0.5) is 10.1 Å². The maximum atomic E-state index is 14.0. The molecule has 0 bridgehead atoms. The van der Waals surface area contributed by atoms with E-state index in [0.717, 1.165) is 11.3 Å². The van der Waals surface area contributed by atoms with E-state index in [-0.39, 0.29) is 29.0 Å². The van der Waals surface area contributed by atoms with Crippen LogP contribution in [0.25, 0.3) is 11.5 Å². The Morgan fingerprint density at radius 1 is 1.15 bits per heavy atom. The second-order valence-electron chi connectivity index (χ2n) is 8.76. The van der Waals surface area contributed by atoms with Gasteiger partial charge in [0.05, 0.1) is 17.0 Å². The van der Waals surface area contributed by atoms with Gasteiger partial charge in [0.1, 0.15) is 17.3 Å². The average molecular weight is 486 g/mol. The van der Waals surface area contributed by atoms with Gasteiger partial charge >= 0.3 is 0 Å². The van der Waals surface area contributed by atoms with E-state index >= 15 is 0 Å². The van der Waals surface area contributed by atoms with E-state index in [2.05, 4.69) is 16.0 Å². The molecule has 180 valence electrons. The van der Waals surface area contributed by atoms with Crippen molar-refractivity contribution in [1.82, 2.24) is 9.88 Å². The molecule has 1 aromatic heterocycles. The molecular formula is C25H28FN3O4S. The smallest absolute Gasteiger partial charge is 0.237 e. The summed E-state index contributed by atoms with van der Waals surface area (Å²) in [5.74, 6) is -1.67. The van der Waals surface area contributed by atoms with Crippen molar-refractivity contribution >= 4 is 21.4 Å². The second kappa shape index (κ2) is 9.58. The maximum absolute atomic E-state index is 14.0. The first-order valence-corrected chi connectivity index (χ1v) is 13.0. The summed E-state index contributed by atoms with van der Waals surface area (Å²) < 4.78 is 45.2. The van der Waals surface area contributed by atoms with Gasteiger partial charge in [0.15, 0.2) is 9.84 Å². The first kappa shape index (κ1) is 23.9. The summed E-state index contributed by atoms with van der Waals surface area (Å²) in [7, 11) is -3.79. The minimum Gasteiger partial charge on any atom is -0.441 e. The Bertz CT molecular complexity index is 1300. The highest BCUT2D eigenvalue weighted by atomic mass is 32.2. The number of carbonyl (C=O) groups excluding carboxylic acids is 1. The number of sulfone groups is 1. The zero-order chi connectivity index (χ0) is 24.5. The van der Waals surface area contributed by atoms with Gasteiger partial charge in [0.2, 0.25) is 11.8 Å². The molecule has 0 aliphatic carbocycles. The predicted molar refractivity (Wildman–Crippen MR) is 129 cm³/mol. The van der Waals surface area contributed by atoms with Crippen molar-refractivity contribution in [2.75, 3.05) is 30.3 Å². The zero-order valence-corrected chi connectivity index (χ0v) is 20.3. The monoisotopic (exact) mass is 485 g/mol. The summed E-state index contributed by atoms with van der Waals surface area (Å²) in [5.41, 5.74) is 2.60. The van der Waals surface area contributed by atoms with Crippen molar-refractivity contribution < 1.29 is 22.0 Å². The minimum absolute atomic E-state index is 0.0215. The van der Waals surface area contributed by atoms with Crippen LogP contribution in [-0.2, 0) is 20.4 Å². The summed E-state index contributed by atoms with van der Waals surface area (Å²) >= 11 is 0.